The Morgan fingerprint density at radius 2 is 1.67 bits per heavy atom. The average Bonchev–Trinajstić information content (AvgIpc) is 2.97. The lowest BCUT2D eigenvalue weighted by molar-refractivity contribution is 0.0761. The van der Waals surface area contributed by atoms with Crippen LogP contribution in [0.3, 0.4) is 0 Å². The van der Waals surface area contributed by atoms with Gasteiger partial charge in [0, 0.05) is 24.8 Å². The van der Waals surface area contributed by atoms with Gasteiger partial charge >= 0.3 is 0 Å². The van der Waals surface area contributed by atoms with E-state index in [0.717, 1.165) is 31.7 Å². The topological polar surface area (TPSA) is 62.3 Å². The van der Waals surface area contributed by atoms with Crippen molar-refractivity contribution in [3.63, 3.8) is 0 Å². The number of nitrogens with zero attached hydrogens (tertiary/aromatic N) is 2. The zero-order chi connectivity index (χ0) is 19.4. The Labute approximate surface area is 154 Å². The molecular weight excluding hydrogens is 359 g/mol. The van der Waals surface area contributed by atoms with Gasteiger partial charge in [0.2, 0.25) is 0 Å². The molecular formula is C19H18F3N3O2. The molecule has 0 bridgehead atoms. The Morgan fingerprint density at radius 3 is 2.37 bits per heavy atom. The lowest BCUT2D eigenvalue weighted by atomic mass is 10.2. The third-order valence-electron chi connectivity index (χ3n) is 4.42. The van der Waals surface area contributed by atoms with Gasteiger partial charge in [0.1, 0.15) is 5.69 Å². The van der Waals surface area contributed by atoms with Crippen molar-refractivity contribution in [2.75, 3.05) is 18.4 Å². The van der Waals surface area contributed by atoms with E-state index in [1.54, 1.807) is 4.90 Å². The van der Waals surface area contributed by atoms with E-state index in [1.165, 1.54) is 18.3 Å². The summed E-state index contributed by atoms with van der Waals surface area (Å²) in [4.78, 5) is 30.5. The molecule has 5 nitrogen and oxygen atoms in total. The highest BCUT2D eigenvalue weighted by molar-refractivity contribution is 6.04. The number of hydrogen-bond donors (Lipinski definition) is 1. The zero-order valence-electron chi connectivity index (χ0n) is 14.5. The van der Waals surface area contributed by atoms with E-state index >= 15 is 0 Å². The van der Waals surface area contributed by atoms with Crippen LogP contribution in [0.2, 0.25) is 0 Å². The molecule has 1 aromatic carbocycles. The van der Waals surface area contributed by atoms with Crippen LogP contribution in [-0.2, 0) is 0 Å². The highest BCUT2D eigenvalue weighted by Gasteiger charge is 2.20. The van der Waals surface area contributed by atoms with Crippen LogP contribution in [0.1, 0.15) is 46.5 Å². The van der Waals surface area contributed by atoms with Crippen LogP contribution >= 0.6 is 0 Å². The highest BCUT2D eigenvalue weighted by atomic mass is 19.2. The van der Waals surface area contributed by atoms with Crippen molar-refractivity contribution < 1.29 is 22.8 Å². The van der Waals surface area contributed by atoms with Gasteiger partial charge in [0.25, 0.3) is 11.8 Å². The van der Waals surface area contributed by atoms with Crippen molar-refractivity contribution in [3.05, 3.63) is 59.2 Å². The van der Waals surface area contributed by atoms with E-state index < -0.39 is 29.0 Å². The molecule has 142 valence electrons. The number of halogens is 3. The molecule has 0 aliphatic carbocycles. The maximum absolute atomic E-state index is 13.7. The van der Waals surface area contributed by atoms with E-state index in [4.69, 9.17) is 0 Å². The van der Waals surface area contributed by atoms with Gasteiger partial charge in [0.05, 0.1) is 5.69 Å². The standard InChI is InChI=1S/C19H18F3N3O2/c20-13-5-6-14(17(22)16(13)21)24-18(26)15-11-12(7-8-23-15)19(27)25-9-3-1-2-4-10-25/h5-8,11H,1-4,9-10H2,(H,24,26). The molecule has 8 heteroatoms. The maximum Gasteiger partial charge on any atom is 0.274 e. The van der Waals surface area contributed by atoms with Crippen molar-refractivity contribution in [1.82, 2.24) is 9.88 Å². The summed E-state index contributed by atoms with van der Waals surface area (Å²) >= 11 is 0. The summed E-state index contributed by atoms with van der Waals surface area (Å²) in [5.41, 5.74) is -0.340. The van der Waals surface area contributed by atoms with Gasteiger partial charge in [-0.25, -0.2) is 13.2 Å². The number of rotatable bonds is 3. The van der Waals surface area contributed by atoms with Crippen LogP contribution in [0.4, 0.5) is 18.9 Å². The maximum atomic E-state index is 13.7. The monoisotopic (exact) mass is 377 g/mol. The molecule has 0 spiro atoms. The summed E-state index contributed by atoms with van der Waals surface area (Å²) in [7, 11) is 0. The molecule has 1 aromatic heterocycles. The second-order valence-corrected chi connectivity index (χ2v) is 6.31. The first-order valence-electron chi connectivity index (χ1n) is 8.67. The summed E-state index contributed by atoms with van der Waals surface area (Å²) in [5, 5.41) is 2.14. The van der Waals surface area contributed by atoms with Crippen molar-refractivity contribution in [3.8, 4) is 0 Å². The molecule has 1 aliphatic heterocycles. The number of hydrogen-bond acceptors (Lipinski definition) is 3. The summed E-state index contributed by atoms with van der Waals surface area (Å²) in [5.74, 6) is -5.56. The number of carbonyl (C=O) groups is 2. The smallest absolute Gasteiger partial charge is 0.274 e. The number of carbonyl (C=O) groups excluding carboxylic acids is 2. The third kappa shape index (κ3) is 4.27. The van der Waals surface area contributed by atoms with Gasteiger partial charge in [-0.3, -0.25) is 14.6 Å². The number of benzene rings is 1. The quantitative estimate of drug-likeness (QED) is 0.829. The zero-order valence-corrected chi connectivity index (χ0v) is 14.5. The molecule has 2 aromatic rings. The van der Waals surface area contributed by atoms with Crippen LogP contribution in [0.5, 0.6) is 0 Å². The molecule has 2 heterocycles. The Hall–Kier alpha value is -2.90. The molecule has 27 heavy (non-hydrogen) atoms. The van der Waals surface area contributed by atoms with Gasteiger partial charge in [0.15, 0.2) is 17.5 Å². The minimum Gasteiger partial charge on any atom is -0.339 e. The van der Waals surface area contributed by atoms with E-state index in [0.29, 0.717) is 24.7 Å². The van der Waals surface area contributed by atoms with Crippen LogP contribution in [0.25, 0.3) is 0 Å². The van der Waals surface area contributed by atoms with E-state index in [9.17, 15) is 22.8 Å². The average molecular weight is 377 g/mol. The van der Waals surface area contributed by atoms with E-state index in [1.807, 2.05) is 0 Å². The molecule has 0 unspecified atom stereocenters. The lowest BCUT2D eigenvalue weighted by Crippen LogP contribution is -2.32. The number of pyridine rings is 1. The summed E-state index contributed by atoms with van der Waals surface area (Å²) in [6.07, 6.45) is 5.32. The Kier molecular flexibility index (Phi) is 5.73. The largest absolute Gasteiger partial charge is 0.339 e. The molecule has 2 amide bonds. The number of aromatic nitrogens is 1. The first-order valence-corrected chi connectivity index (χ1v) is 8.67. The predicted octanol–water partition coefficient (Wildman–Crippen LogP) is 3.77. The van der Waals surface area contributed by atoms with Gasteiger partial charge in [-0.2, -0.15) is 0 Å². The molecule has 0 atom stereocenters. The van der Waals surface area contributed by atoms with Crippen molar-refractivity contribution in [1.29, 1.82) is 0 Å². The van der Waals surface area contributed by atoms with Gasteiger partial charge in [-0.1, -0.05) is 12.8 Å². The third-order valence-corrected chi connectivity index (χ3v) is 4.42. The normalized spacial score (nSPS) is 14.6. The highest BCUT2D eigenvalue weighted by Crippen LogP contribution is 2.20. The number of anilines is 1. The van der Waals surface area contributed by atoms with Gasteiger partial charge in [-0.05, 0) is 37.1 Å². The van der Waals surface area contributed by atoms with E-state index in [2.05, 4.69) is 10.3 Å². The first-order chi connectivity index (χ1) is 13.0. The molecule has 1 fully saturated rings. The van der Waals surface area contributed by atoms with Crippen LogP contribution < -0.4 is 5.32 Å². The molecule has 1 saturated heterocycles. The van der Waals surface area contributed by atoms with Crippen molar-refractivity contribution >= 4 is 17.5 Å². The number of likely N-dealkylation sites (tertiary alicyclic amines) is 1. The fourth-order valence-corrected chi connectivity index (χ4v) is 2.95. The SMILES string of the molecule is O=C(Nc1ccc(F)c(F)c1F)c1cc(C(=O)N2CCCCCC2)ccn1. The Balaban J connectivity index is 1.77. The van der Waals surface area contributed by atoms with Gasteiger partial charge < -0.3 is 10.2 Å². The van der Waals surface area contributed by atoms with E-state index in [-0.39, 0.29) is 11.6 Å². The second-order valence-electron chi connectivity index (χ2n) is 6.31. The molecule has 3 rings (SSSR count). The van der Waals surface area contributed by atoms with Crippen LogP contribution in [0.15, 0.2) is 30.5 Å². The molecule has 1 aliphatic rings. The van der Waals surface area contributed by atoms with Crippen molar-refractivity contribution in [2.24, 2.45) is 0 Å². The predicted molar refractivity (Wildman–Crippen MR) is 92.9 cm³/mol. The first kappa shape index (κ1) is 18.9. The molecule has 0 radical (unpaired) electrons. The van der Waals surface area contributed by atoms with Crippen LogP contribution in [-0.4, -0.2) is 34.8 Å². The summed E-state index contributed by atoms with van der Waals surface area (Å²) < 4.78 is 40.0. The lowest BCUT2D eigenvalue weighted by Gasteiger charge is -2.20. The van der Waals surface area contributed by atoms with Crippen molar-refractivity contribution in [2.45, 2.75) is 25.7 Å². The number of amides is 2. The van der Waals surface area contributed by atoms with Gasteiger partial charge in [-0.15, -0.1) is 0 Å². The fourth-order valence-electron chi connectivity index (χ4n) is 2.95. The Bertz CT molecular complexity index is 865. The summed E-state index contributed by atoms with van der Waals surface area (Å²) in [6, 6.07) is 4.43. The fraction of sp³-hybridized carbons (Fsp3) is 0.316. The second kappa shape index (κ2) is 8.20. The molecule has 0 saturated carbocycles. The minimum atomic E-state index is -1.68. The molecule has 1 N–H and O–H groups in total. The minimum absolute atomic E-state index is 0.125. The number of nitrogens with one attached hydrogen (secondary N) is 1. The van der Waals surface area contributed by atoms with Crippen LogP contribution in [0, 0.1) is 17.5 Å². The summed E-state index contributed by atoms with van der Waals surface area (Å²) in [6.45, 7) is 1.31. The Morgan fingerprint density at radius 1 is 0.963 bits per heavy atom.